The fourth-order valence-corrected chi connectivity index (χ4v) is 4.66. The van der Waals surface area contributed by atoms with E-state index in [9.17, 15) is 8.42 Å². The molecule has 3 heterocycles. The van der Waals surface area contributed by atoms with Crippen molar-refractivity contribution in [3.8, 4) is 0 Å². The van der Waals surface area contributed by atoms with Crippen LogP contribution in [0.15, 0.2) is 15.7 Å². The first-order chi connectivity index (χ1) is 11.3. The molecule has 0 N–H and O–H groups in total. The number of aromatic nitrogens is 4. The summed E-state index contributed by atoms with van der Waals surface area (Å²) < 4.78 is 36.2. The highest BCUT2D eigenvalue weighted by atomic mass is 32.2. The standard InChI is InChI=1S/C13H20N6O3S2/c1-10-12(11(2)22-15-10)24(20,21)18-6-4-17(5-7-18)9-19-13(23)16(3)8-14-19/h8H,4-7,9H2,1-3H3. The summed E-state index contributed by atoms with van der Waals surface area (Å²) in [5.41, 5.74) is 0.398. The molecule has 0 amide bonds. The van der Waals surface area contributed by atoms with Crippen LogP contribution in [0, 0.1) is 18.6 Å². The van der Waals surface area contributed by atoms with Crippen molar-refractivity contribution in [1.29, 1.82) is 0 Å². The van der Waals surface area contributed by atoms with Gasteiger partial charge in [-0.25, -0.2) is 13.1 Å². The van der Waals surface area contributed by atoms with Crippen molar-refractivity contribution in [2.75, 3.05) is 26.2 Å². The highest BCUT2D eigenvalue weighted by Crippen LogP contribution is 2.24. The summed E-state index contributed by atoms with van der Waals surface area (Å²) in [4.78, 5) is 2.31. The van der Waals surface area contributed by atoms with Crippen molar-refractivity contribution in [2.45, 2.75) is 25.4 Å². The molecule has 1 aliphatic rings. The molecule has 0 bridgehead atoms. The molecule has 1 aliphatic heterocycles. The van der Waals surface area contributed by atoms with Gasteiger partial charge in [-0.05, 0) is 26.1 Å². The Morgan fingerprint density at radius 1 is 1.25 bits per heavy atom. The van der Waals surface area contributed by atoms with E-state index in [-0.39, 0.29) is 4.90 Å². The Bertz CT molecular complexity index is 870. The molecule has 0 aliphatic carbocycles. The Kier molecular flexibility index (Phi) is 4.60. The van der Waals surface area contributed by atoms with Gasteiger partial charge in [0.2, 0.25) is 10.0 Å². The van der Waals surface area contributed by atoms with Crippen LogP contribution in [0.1, 0.15) is 11.5 Å². The van der Waals surface area contributed by atoms with Crippen LogP contribution in [0.3, 0.4) is 0 Å². The minimum absolute atomic E-state index is 0.183. The number of piperazine rings is 1. The first kappa shape index (κ1) is 17.3. The molecule has 11 heteroatoms. The molecule has 0 saturated carbocycles. The lowest BCUT2D eigenvalue weighted by Gasteiger charge is -2.33. The Morgan fingerprint density at radius 2 is 1.92 bits per heavy atom. The number of nitrogens with zero attached hydrogens (tertiary/aromatic N) is 6. The predicted octanol–water partition coefficient (Wildman–Crippen LogP) is 0.520. The smallest absolute Gasteiger partial charge is 0.248 e. The zero-order valence-electron chi connectivity index (χ0n) is 13.8. The van der Waals surface area contributed by atoms with E-state index in [1.807, 2.05) is 7.05 Å². The third-order valence-electron chi connectivity index (χ3n) is 4.12. The van der Waals surface area contributed by atoms with Crippen molar-refractivity contribution in [3.05, 3.63) is 22.6 Å². The summed E-state index contributed by atoms with van der Waals surface area (Å²) in [7, 11) is -1.73. The second kappa shape index (κ2) is 6.39. The van der Waals surface area contributed by atoms with Crippen LogP contribution >= 0.6 is 12.2 Å². The topological polar surface area (TPSA) is 89.4 Å². The zero-order chi connectivity index (χ0) is 17.5. The van der Waals surface area contributed by atoms with Crippen molar-refractivity contribution in [3.63, 3.8) is 0 Å². The number of hydrogen-bond acceptors (Lipinski definition) is 7. The molecule has 2 aromatic rings. The minimum Gasteiger partial charge on any atom is -0.360 e. The molecule has 0 atom stereocenters. The van der Waals surface area contributed by atoms with Gasteiger partial charge in [-0.1, -0.05) is 5.16 Å². The molecule has 132 valence electrons. The molecule has 0 unspecified atom stereocenters. The average Bonchev–Trinajstić information content (AvgIpc) is 3.04. The van der Waals surface area contributed by atoms with E-state index in [0.29, 0.717) is 49.1 Å². The molecule has 0 aromatic carbocycles. The van der Waals surface area contributed by atoms with E-state index >= 15 is 0 Å². The van der Waals surface area contributed by atoms with Crippen LogP contribution in [-0.2, 0) is 23.7 Å². The van der Waals surface area contributed by atoms with Gasteiger partial charge in [-0.15, -0.1) is 0 Å². The Morgan fingerprint density at radius 3 is 2.42 bits per heavy atom. The van der Waals surface area contributed by atoms with Gasteiger partial charge in [-0.3, -0.25) is 4.90 Å². The third-order valence-corrected chi connectivity index (χ3v) is 6.76. The van der Waals surface area contributed by atoms with Crippen molar-refractivity contribution < 1.29 is 12.9 Å². The van der Waals surface area contributed by atoms with Crippen LogP contribution in [0.5, 0.6) is 0 Å². The van der Waals surface area contributed by atoms with Gasteiger partial charge in [0, 0.05) is 33.2 Å². The van der Waals surface area contributed by atoms with E-state index in [1.54, 1.807) is 29.4 Å². The maximum Gasteiger partial charge on any atom is 0.248 e. The first-order valence-electron chi connectivity index (χ1n) is 7.54. The second-order valence-corrected chi connectivity index (χ2v) is 8.08. The largest absolute Gasteiger partial charge is 0.360 e. The molecule has 3 rings (SSSR count). The minimum atomic E-state index is -3.58. The summed E-state index contributed by atoms with van der Waals surface area (Å²) in [6.07, 6.45) is 1.67. The first-order valence-corrected chi connectivity index (χ1v) is 9.39. The SMILES string of the molecule is Cc1noc(C)c1S(=O)(=O)N1CCN(Cn2ncn(C)c2=S)CC1. The summed E-state index contributed by atoms with van der Waals surface area (Å²) in [6, 6.07) is 0. The van der Waals surface area contributed by atoms with Gasteiger partial charge in [-0.2, -0.15) is 9.40 Å². The normalized spacial score (nSPS) is 17.5. The van der Waals surface area contributed by atoms with Crippen LogP contribution in [-0.4, -0.2) is 63.3 Å². The molecule has 1 saturated heterocycles. The van der Waals surface area contributed by atoms with E-state index in [4.69, 9.17) is 16.7 Å². The lowest BCUT2D eigenvalue weighted by molar-refractivity contribution is 0.144. The van der Waals surface area contributed by atoms with Crippen molar-refractivity contribution in [2.24, 2.45) is 7.05 Å². The van der Waals surface area contributed by atoms with E-state index < -0.39 is 10.0 Å². The fourth-order valence-electron chi connectivity index (χ4n) is 2.79. The highest BCUT2D eigenvalue weighted by molar-refractivity contribution is 7.89. The van der Waals surface area contributed by atoms with Crippen molar-refractivity contribution >= 4 is 22.2 Å². The molecule has 1 fully saturated rings. The maximum absolute atomic E-state index is 12.8. The molecule has 0 spiro atoms. The van der Waals surface area contributed by atoms with Crippen molar-refractivity contribution in [1.82, 2.24) is 28.7 Å². The Labute approximate surface area is 145 Å². The molecule has 2 aromatic heterocycles. The second-order valence-electron chi connectivity index (χ2n) is 5.84. The number of rotatable bonds is 4. The van der Waals surface area contributed by atoms with Crippen LogP contribution in [0.2, 0.25) is 0 Å². The Hall–Kier alpha value is -1.56. The summed E-state index contributed by atoms with van der Waals surface area (Å²) in [5.74, 6) is 0.328. The van der Waals surface area contributed by atoms with Gasteiger partial charge >= 0.3 is 0 Å². The molecular weight excluding hydrogens is 352 g/mol. The average molecular weight is 372 g/mol. The van der Waals surface area contributed by atoms with Gasteiger partial charge in [0.25, 0.3) is 0 Å². The molecule has 0 radical (unpaired) electrons. The summed E-state index contributed by atoms with van der Waals surface area (Å²) in [5, 5.41) is 7.97. The van der Waals surface area contributed by atoms with Gasteiger partial charge in [0.1, 0.15) is 16.9 Å². The predicted molar refractivity (Wildman–Crippen MR) is 88.3 cm³/mol. The van der Waals surface area contributed by atoms with Gasteiger partial charge < -0.3 is 9.09 Å². The van der Waals surface area contributed by atoms with Crippen LogP contribution in [0.4, 0.5) is 0 Å². The molecular formula is C13H20N6O3S2. The number of hydrogen-bond donors (Lipinski definition) is 0. The van der Waals surface area contributed by atoms with Crippen LogP contribution in [0.25, 0.3) is 0 Å². The highest BCUT2D eigenvalue weighted by Gasteiger charge is 2.33. The van der Waals surface area contributed by atoms with E-state index in [2.05, 4.69) is 15.2 Å². The van der Waals surface area contributed by atoms with Crippen LogP contribution < -0.4 is 0 Å². The summed E-state index contributed by atoms with van der Waals surface area (Å²) >= 11 is 5.27. The zero-order valence-corrected chi connectivity index (χ0v) is 15.5. The van der Waals surface area contributed by atoms with Gasteiger partial charge in [0.05, 0.1) is 6.67 Å². The molecule has 9 nitrogen and oxygen atoms in total. The third kappa shape index (κ3) is 3.04. The monoisotopic (exact) mass is 372 g/mol. The molecule has 24 heavy (non-hydrogen) atoms. The Balaban J connectivity index is 1.69. The number of sulfonamides is 1. The summed E-state index contributed by atoms with van der Waals surface area (Å²) in [6.45, 7) is 5.86. The van der Waals surface area contributed by atoms with Gasteiger partial charge in [0.15, 0.2) is 10.5 Å². The fraction of sp³-hybridized carbons (Fsp3) is 0.615. The number of aryl methyl sites for hydroxylation is 3. The van der Waals surface area contributed by atoms with E-state index in [1.165, 1.54) is 4.31 Å². The lowest BCUT2D eigenvalue weighted by Crippen LogP contribution is -2.49. The quantitative estimate of drug-likeness (QED) is 0.723. The lowest BCUT2D eigenvalue weighted by atomic mass is 10.4. The maximum atomic E-state index is 12.8. The van der Waals surface area contributed by atoms with E-state index in [0.717, 1.165) is 0 Å².